The van der Waals surface area contributed by atoms with Gasteiger partial charge in [0.25, 0.3) is 5.89 Å². The zero-order valence-corrected chi connectivity index (χ0v) is 19.1. The normalized spacial score (nSPS) is 10.9. The lowest BCUT2D eigenvalue weighted by molar-refractivity contribution is 0.324. The molecular formula is C25H22N4O5. The fourth-order valence-corrected chi connectivity index (χ4v) is 3.78. The van der Waals surface area contributed by atoms with Crippen LogP contribution < -0.4 is 18.9 Å². The van der Waals surface area contributed by atoms with Gasteiger partial charge < -0.3 is 23.4 Å². The molecule has 172 valence electrons. The Labute approximate surface area is 195 Å². The lowest BCUT2D eigenvalue weighted by atomic mass is 10.1. The van der Waals surface area contributed by atoms with E-state index in [0.717, 1.165) is 22.4 Å². The highest BCUT2D eigenvalue weighted by atomic mass is 16.5. The van der Waals surface area contributed by atoms with Crippen LogP contribution in [0.25, 0.3) is 39.9 Å². The molecule has 0 aliphatic carbocycles. The number of pyridine rings is 1. The van der Waals surface area contributed by atoms with Crippen molar-refractivity contribution in [3.63, 3.8) is 0 Å². The molecular weight excluding hydrogens is 436 g/mol. The highest BCUT2D eigenvalue weighted by molar-refractivity contribution is 5.79. The average Bonchev–Trinajstić information content (AvgIpc) is 3.53. The van der Waals surface area contributed by atoms with Gasteiger partial charge in [-0.15, -0.1) is 10.2 Å². The number of imidazole rings is 1. The van der Waals surface area contributed by atoms with Gasteiger partial charge in [-0.3, -0.25) is 4.40 Å². The largest absolute Gasteiger partial charge is 0.497 e. The zero-order chi connectivity index (χ0) is 23.7. The minimum absolute atomic E-state index is 0.313. The standard InChI is InChI=1S/C25H22N4O5/c1-30-17-10-8-15(9-11-17)24-27-28-25(34-24)21-18-7-5-6-12-29(18)23(26-21)16-13-19(31-2)22(33-4)20(14-16)32-3/h5-14H,1-4H3. The minimum Gasteiger partial charge on any atom is -0.497 e. The highest BCUT2D eigenvalue weighted by Gasteiger charge is 2.22. The Morgan fingerprint density at radius 3 is 2.09 bits per heavy atom. The second-order valence-corrected chi connectivity index (χ2v) is 7.29. The van der Waals surface area contributed by atoms with E-state index in [1.54, 1.807) is 28.4 Å². The van der Waals surface area contributed by atoms with Crippen molar-refractivity contribution < 1.29 is 23.4 Å². The first-order valence-corrected chi connectivity index (χ1v) is 10.4. The van der Waals surface area contributed by atoms with Crippen LogP contribution >= 0.6 is 0 Å². The first kappa shape index (κ1) is 21.3. The second kappa shape index (κ2) is 8.78. The van der Waals surface area contributed by atoms with Gasteiger partial charge in [0.1, 0.15) is 11.6 Å². The van der Waals surface area contributed by atoms with E-state index in [0.29, 0.717) is 40.5 Å². The number of nitrogens with zero attached hydrogens (tertiary/aromatic N) is 4. The van der Waals surface area contributed by atoms with Crippen LogP contribution in [-0.4, -0.2) is 48.0 Å². The quantitative estimate of drug-likeness (QED) is 0.345. The summed E-state index contributed by atoms with van der Waals surface area (Å²) in [4.78, 5) is 4.87. The van der Waals surface area contributed by atoms with E-state index in [-0.39, 0.29) is 0 Å². The van der Waals surface area contributed by atoms with Crippen molar-refractivity contribution in [2.45, 2.75) is 0 Å². The summed E-state index contributed by atoms with van der Waals surface area (Å²) in [5.74, 6) is 3.69. The third-order valence-electron chi connectivity index (χ3n) is 5.44. The minimum atomic E-state index is 0.313. The molecule has 34 heavy (non-hydrogen) atoms. The fourth-order valence-electron chi connectivity index (χ4n) is 3.78. The van der Waals surface area contributed by atoms with Crippen LogP contribution in [0.15, 0.2) is 65.2 Å². The van der Waals surface area contributed by atoms with Crippen LogP contribution in [0, 0.1) is 0 Å². The molecule has 0 atom stereocenters. The van der Waals surface area contributed by atoms with Gasteiger partial charge in [-0.25, -0.2) is 4.98 Å². The number of ether oxygens (including phenoxy) is 4. The Bertz CT molecular complexity index is 1430. The molecule has 0 unspecified atom stereocenters. The molecule has 3 aromatic heterocycles. The summed E-state index contributed by atoms with van der Waals surface area (Å²) >= 11 is 0. The topological polar surface area (TPSA) is 93.1 Å². The van der Waals surface area contributed by atoms with E-state index >= 15 is 0 Å². The van der Waals surface area contributed by atoms with Crippen molar-refractivity contribution >= 4 is 5.52 Å². The number of aromatic nitrogens is 4. The number of hydrogen-bond donors (Lipinski definition) is 0. The van der Waals surface area contributed by atoms with E-state index in [1.165, 1.54) is 0 Å². The van der Waals surface area contributed by atoms with Gasteiger partial charge in [0.2, 0.25) is 11.6 Å². The van der Waals surface area contributed by atoms with E-state index in [4.69, 9.17) is 28.3 Å². The van der Waals surface area contributed by atoms with E-state index < -0.39 is 0 Å². The summed E-state index contributed by atoms with van der Waals surface area (Å²) in [5.41, 5.74) is 2.94. The Kier molecular flexibility index (Phi) is 5.51. The van der Waals surface area contributed by atoms with Gasteiger partial charge in [0, 0.05) is 17.3 Å². The highest BCUT2D eigenvalue weighted by Crippen LogP contribution is 2.42. The Morgan fingerprint density at radius 2 is 1.44 bits per heavy atom. The Morgan fingerprint density at radius 1 is 0.735 bits per heavy atom. The second-order valence-electron chi connectivity index (χ2n) is 7.29. The molecule has 0 bridgehead atoms. The molecule has 0 N–H and O–H groups in total. The van der Waals surface area contributed by atoms with Crippen LogP contribution in [-0.2, 0) is 0 Å². The number of fused-ring (bicyclic) bond motifs is 1. The predicted molar refractivity (Wildman–Crippen MR) is 126 cm³/mol. The van der Waals surface area contributed by atoms with E-state index in [9.17, 15) is 0 Å². The maximum atomic E-state index is 6.00. The molecule has 0 saturated heterocycles. The number of hydrogen-bond acceptors (Lipinski definition) is 8. The summed E-state index contributed by atoms with van der Waals surface area (Å²) in [6, 6.07) is 16.9. The monoisotopic (exact) mass is 458 g/mol. The van der Waals surface area contributed by atoms with Crippen molar-refractivity contribution in [1.29, 1.82) is 0 Å². The molecule has 0 aliphatic heterocycles. The van der Waals surface area contributed by atoms with Crippen LogP contribution in [0.5, 0.6) is 23.0 Å². The summed E-state index contributed by atoms with van der Waals surface area (Å²) in [6.07, 6.45) is 1.92. The first-order chi connectivity index (χ1) is 16.7. The first-order valence-electron chi connectivity index (χ1n) is 10.4. The lowest BCUT2D eigenvalue weighted by Crippen LogP contribution is -1.97. The number of benzene rings is 2. The molecule has 9 heteroatoms. The van der Waals surface area contributed by atoms with Gasteiger partial charge in [-0.05, 0) is 48.5 Å². The lowest BCUT2D eigenvalue weighted by Gasteiger charge is -2.13. The van der Waals surface area contributed by atoms with Crippen molar-refractivity contribution in [1.82, 2.24) is 19.6 Å². The molecule has 9 nitrogen and oxygen atoms in total. The average molecular weight is 458 g/mol. The van der Waals surface area contributed by atoms with Crippen molar-refractivity contribution in [2.24, 2.45) is 0 Å². The summed E-state index contributed by atoms with van der Waals surface area (Å²) < 4.78 is 29.7. The summed E-state index contributed by atoms with van der Waals surface area (Å²) in [5, 5.41) is 8.49. The molecule has 2 aromatic carbocycles. The maximum Gasteiger partial charge on any atom is 0.268 e. The predicted octanol–water partition coefficient (Wildman–Crippen LogP) is 4.75. The number of methoxy groups -OCH3 is 4. The molecule has 0 aliphatic rings. The molecule has 0 saturated carbocycles. The van der Waals surface area contributed by atoms with Crippen LogP contribution in [0.3, 0.4) is 0 Å². The van der Waals surface area contributed by atoms with Crippen molar-refractivity contribution in [3.8, 4) is 57.4 Å². The molecule has 5 aromatic rings. The Balaban J connectivity index is 1.63. The van der Waals surface area contributed by atoms with Crippen molar-refractivity contribution in [2.75, 3.05) is 28.4 Å². The molecule has 3 heterocycles. The van der Waals surface area contributed by atoms with Gasteiger partial charge in [0.15, 0.2) is 17.2 Å². The molecule has 0 fully saturated rings. The van der Waals surface area contributed by atoms with E-state index in [2.05, 4.69) is 10.2 Å². The van der Waals surface area contributed by atoms with Crippen LogP contribution in [0.2, 0.25) is 0 Å². The molecule has 0 spiro atoms. The third-order valence-corrected chi connectivity index (χ3v) is 5.44. The van der Waals surface area contributed by atoms with Gasteiger partial charge in [-0.2, -0.15) is 0 Å². The van der Waals surface area contributed by atoms with Gasteiger partial charge in [0.05, 0.1) is 34.0 Å². The molecule has 5 rings (SSSR count). The van der Waals surface area contributed by atoms with Crippen molar-refractivity contribution in [3.05, 3.63) is 60.8 Å². The summed E-state index contributed by atoms with van der Waals surface area (Å²) in [7, 11) is 6.35. The zero-order valence-electron chi connectivity index (χ0n) is 19.1. The summed E-state index contributed by atoms with van der Waals surface area (Å²) in [6.45, 7) is 0. The van der Waals surface area contributed by atoms with E-state index in [1.807, 2.05) is 65.2 Å². The maximum absolute atomic E-state index is 6.00. The van der Waals surface area contributed by atoms with Crippen LogP contribution in [0.4, 0.5) is 0 Å². The third kappa shape index (κ3) is 3.57. The number of rotatable bonds is 7. The molecule has 0 radical (unpaired) electrons. The van der Waals surface area contributed by atoms with Crippen LogP contribution in [0.1, 0.15) is 0 Å². The SMILES string of the molecule is COc1ccc(-c2nnc(-c3nc(-c4cc(OC)c(OC)c(OC)c4)n4ccccc34)o2)cc1. The van der Waals surface area contributed by atoms with Gasteiger partial charge >= 0.3 is 0 Å². The smallest absolute Gasteiger partial charge is 0.268 e. The molecule has 0 amide bonds. The Hall–Kier alpha value is -4.53. The van der Waals surface area contributed by atoms with Gasteiger partial charge in [-0.1, -0.05) is 6.07 Å². The fraction of sp³-hybridized carbons (Fsp3) is 0.160.